The Morgan fingerprint density at radius 1 is 1.04 bits per heavy atom. The molecule has 1 aromatic carbocycles. The molecule has 0 radical (unpaired) electrons. The molecule has 0 unspecified atom stereocenters. The Hall–Kier alpha value is -3.42. The van der Waals surface area contributed by atoms with Crippen molar-refractivity contribution in [2.45, 2.75) is 20.4 Å². The summed E-state index contributed by atoms with van der Waals surface area (Å²) in [6.07, 6.45) is 0. The summed E-state index contributed by atoms with van der Waals surface area (Å²) in [6.45, 7) is 3.10. The van der Waals surface area contributed by atoms with Gasteiger partial charge in [0.1, 0.15) is 13.1 Å². The third-order valence-corrected chi connectivity index (χ3v) is 3.69. The fraction of sp³-hybridized carbons (Fsp3) is 0.222. The molecule has 2 aromatic rings. The summed E-state index contributed by atoms with van der Waals surface area (Å²) < 4.78 is 1.73. The maximum Gasteiger partial charge on any atom is 0.322 e. The predicted octanol–water partition coefficient (Wildman–Crippen LogP) is 0.918. The fourth-order valence-corrected chi connectivity index (χ4v) is 2.44. The Balaban J connectivity index is 2.01. The molecule has 2 amide bonds. The smallest absolute Gasteiger partial charge is 0.322 e. The number of carboxylic acids is 1. The van der Waals surface area contributed by atoms with E-state index in [4.69, 9.17) is 5.11 Å². The normalized spacial score (nSPS) is 10.2. The number of benzene rings is 1. The van der Waals surface area contributed by atoms with Crippen molar-refractivity contribution in [2.75, 3.05) is 11.9 Å². The van der Waals surface area contributed by atoms with Gasteiger partial charge in [-0.25, -0.2) is 0 Å². The number of anilines is 1. The van der Waals surface area contributed by atoms with E-state index in [0.29, 0.717) is 17.1 Å². The van der Waals surface area contributed by atoms with Gasteiger partial charge in [-0.15, -0.1) is 0 Å². The lowest BCUT2D eigenvalue weighted by molar-refractivity contribution is -0.135. The Labute approximate surface area is 149 Å². The number of pyridine rings is 1. The number of amides is 2. The summed E-state index contributed by atoms with van der Waals surface area (Å²) in [5.41, 5.74) is 2.07. The third kappa shape index (κ3) is 5.04. The van der Waals surface area contributed by atoms with E-state index >= 15 is 0 Å². The number of nitrogens with zero attached hydrogens (tertiary/aromatic N) is 1. The van der Waals surface area contributed by atoms with Gasteiger partial charge < -0.3 is 20.3 Å². The summed E-state index contributed by atoms with van der Waals surface area (Å²) in [6, 6.07) is 9.01. The first-order valence-electron chi connectivity index (χ1n) is 7.84. The van der Waals surface area contributed by atoms with Gasteiger partial charge in [0.25, 0.3) is 5.91 Å². The summed E-state index contributed by atoms with van der Waals surface area (Å²) in [4.78, 5) is 45.8. The maximum atomic E-state index is 12.2. The van der Waals surface area contributed by atoms with Crippen LogP contribution in [0.15, 0.2) is 41.2 Å². The van der Waals surface area contributed by atoms with Gasteiger partial charge in [-0.3, -0.25) is 19.2 Å². The van der Waals surface area contributed by atoms with Crippen molar-refractivity contribution in [1.82, 2.24) is 9.88 Å². The minimum absolute atomic E-state index is 0.0544. The zero-order chi connectivity index (χ0) is 19.3. The van der Waals surface area contributed by atoms with Crippen LogP contribution in [0.5, 0.6) is 0 Å². The molecule has 0 bridgehead atoms. The molecule has 0 aliphatic heterocycles. The number of carboxylic acid groups (broad SMARTS) is 1. The van der Waals surface area contributed by atoms with Gasteiger partial charge in [0.2, 0.25) is 5.91 Å². The van der Waals surface area contributed by atoms with Crippen LogP contribution < -0.4 is 16.1 Å². The molecule has 0 saturated heterocycles. The van der Waals surface area contributed by atoms with Crippen LogP contribution in [-0.2, 0) is 16.1 Å². The van der Waals surface area contributed by atoms with Gasteiger partial charge in [-0.05, 0) is 38.1 Å². The number of aromatic nitrogens is 1. The first kappa shape index (κ1) is 18.9. The number of hydrogen-bond donors (Lipinski definition) is 3. The molecule has 0 aliphatic carbocycles. The molecular formula is C18H19N3O5. The van der Waals surface area contributed by atoms with Crippen molar-refractivity contribution in [3.63, 3.8) is 0 Å². The molecule has 0 fully saturated rings. The highest BCUT2D eigenvalue weighted by atomic mass is 16.4. The summed E-state index contributed by atoms with van der Waals surface area (Å²) in [5, 5.41) is 13.5. The minimum atomic E-state index is -1.13. The number of aryl methyl sites for hydroxylation is 2. The molecule has 8 nitrogen and oxygen atoms in total. The van der Waals surface area contributed by atoms with Gasteiger partial charge in [-0.2, -0.15) is 0 Å². The topological polar surface area (TPSA) is 118 Å². The average molecular weight is 357 g/mol. The first-order valence-corrected chi connectivity index (χ1v) is 7.84. The molecule has 26 heavy (non-hydrogen) atoms. The molecule has 1 aromatic heterocycles. The first-order chi connectivity index (χ1) is 12.3. The van der Waals surface area contributed by atoms with Crippen molar-refractivity contribution in [1.29, 1.82) is 0 Å². The SMILES string of the molecule is Cc1cc(=O)cc(C)n1CC(=O)Nc1ccc(C(=O)NCC(=O)O)cc1. The van der Waals surface area contributed by atoms with Crippen molar-refractivity contribution < 1.29 is 19.5 Å². The lowest BCUT2D eigenvalue weighted by atomic mass is 10.2. The van der Waals surface area contributed by atoms with Crippen LogP contribution in [0, 0.1) is 13.8 Å². The molecule has 3 N–H and O–H groups in total. The second-order valence-corrected chi connectivity index (χ2v) is 5.76. The van der Waals surface area contributed by atoms with E-state index in [0.717, 1.165) is 0 Å². The minimum Gasteiger partial charge on any atom is -0.480 e. The maximum absolute atomic E-state index is 12.2. The van der Waals surface area contributed by atoms with Crippen LogP contribution in [0.25, 0.3) is 0 Å². The van der Waals surface area contributed by atoms with Crippen molar-refractivity contribution in [2.24, 2.45) is 0 Å². The molecule has 0 atom stereocenters. The highest BCUT2D eigenvalue weighted by molar-refractivity contribution is 5.97. The molecule has 8 heteroatoms. The lowest BCUT2D eigenvalue weighted by Gasteiger charge is -2.14. The number of carbonyl (C=O) groups excluding carboxylic acids is 2. The Morgan fingerprint density at radius 2 is 1.62 bits per heavy atom. The van der Waals surface area contributed by atoms with Crippen molar-refractivity contribution in [3.8, 4) is 0 Å². The lowest BCUT2D eigenvalue weighted by Crippen LogP contribution is -2.29. The molecular weight excluding hydrogens is 338 g/mol. The van der Waals surface area contributed by atoms with E-state index in [1.54, 1.807) is 30.5 Å². The third-order valence-electron chi connectivity index (χ3n) is 3.69. The number of nitrogens with one attached hydrogen (secondary N) is 2. The van der Waals surface area contributed by atoms with Crippen molar-refractivity contribution in [3.05, 3.63) is 63.6 Å². The van der Waals surface area contributed by atoms with E-state index in [1.807, 2.05) is 0 Å². The fourth-order valence-electron chi connectivity index (χ4n) is 2.44. The van der Waals surface area contributed by atoms with Crippen LogP contribution in [0.3, 0.4) is 0 Å². The van der Waals surface area contributed by atoms with Gasteiger partial charge in [0.15, 0.2) is 5.43 Å². The van der Waals surface area contributed by atoms with Crippen LogP contribution in [0.2, 0.25) is 0 Å². The van der Waals surface area contributed by atoms with E-state index in [2.05, 4.69) is 10.6 Å². The molecule has 0 spiro atoms. The second-order valence-electron chi connectivity index (χ2n) is 5.76. The zero-order valence-corrected chi connectivity index (χ0v) is 14.4. The van der Waals surface area contributed by atoms with Gasteiger partial charge in [0, 0.05) is 34.8 Å². The van der Waals surface area contributed by atoms with E-state index in [-0.39, 0.29) is 23.4 Å². The van der Waals surface area contributed by atoms with Crippen LogP contribution in [0.4, 0.5) is 5.69 Å². The summed E-state index contributed by atoms with van der Waals surface area (Å²) in [7, 11) is 0. The quantitative estimate of drug-likeness (QED) is 0.710. The molecule has 2 rings (SSSR count). The standard InChI is InChI=1S/C18H19N3O5/c1-11-7-15(22)8-12(2)21(11)10-16(23)20-14-5-3-13(4-6-14)18(26)19-9-17(24)25/h3-8H,9-10H2,1-2H3,(H,19,26)(H,20,23)(H,24,25). The van der Waals surface area contributed by atoms with E-state index < -0.39 is 18.4 Å². The van der Waals surface area contributed by atoms with E-state index in [9.17, 15) is 19.2 Å². The van der Waals surface area contributed by atoms with Gasteiger partial charge in [-0.1, -0.05) is 0 Å². The summed E-state index contributed by atoms with van der Waals surface area (Å²) in [5.74, 6) is -1.91. The van der Waals surface area contributed by atoms with Gasteiger partial charge in [0.05, 0.1) is 0 Å². The summed E-state index contributed by atoms with van der Waals surface area (Å²) >= 11 is 0. The number of hydrogen-bond acceptors (Lipinski definition) is 4. The van der Waals surface area contributed by atoms with Crippen molar-refractivity contribution >= 4 is 23.5 Å². The number of carbonyl (C=O) groups is 3. The monoisotopic (exact) mass is 357 g/mol. The molecule has 1 heterocycles. The Morgan fingerprint density at radius 3 is 2.15 bits per heavy atom. The second kappa shape index (κ2) is 8.11. The van der Waals surface area contributed by atoms with Gasteiger partial charge >= 0.3 is 5.97 Å². The van der Waals surface area contributed by atoms with Crippen LogP contribution in [0.1, 0.15) is 21.7 Å². The highest BCUT2D eigenvalue weighted by Gasteiger charge is 2.10. The molecule has 0 aliphatic rings. The number of aliphatic carboxylic acids is 1. The van der Waals surface area contributed by atoms with E-state index in [1.165, 1.54) is 24.3 Å². The van der Waals surface area contributed by atoms with Crippen LogP contribution >= 0.6 is 0 Å². The number of rotatable bonds is 6. The Kier molecular flexibility index (Phi) is 5.90. The predicted molar refractivity (Wildman–Crippen MR) is 95.2 cm³/mol. The van der Waals surface area contributed by atoms with Crippen LogP contribution in [-0.4, -0.2) is 34.0 Å². The zero-order valence-electron chi connectivity index (χ0n) is 14.4. The highest BCUT2D eigenvalue weighted by Crippen LogP contribution is 2.10. The average Bonchev–Trinajstić information content (AvgIpc) is 2.56. The molecule has 136 valence electrons. The molecule has 0 saturated carbocycles. The largest absolute Gasteiger partial charge is 0.480 e. The Bertz CT molecular complexity index is 874.